The highest BCUT2D eigenvalue weighted by Crippen LogP contribution is 2.10. The van der Waals surface area contributed by atoms with E-state index in [2.05, 4.69) is 65.9 Å². The van der Waals surface area contributed by atoms with Gasteiger partial charge in [0.2, 0.25) is 0 Å². The van der Waals surface area contributed by atoms with Gasteiger partial charge in [-0.05, 0) is 25.0 Å². The van der Waals surface area contributed by atoms with Crippen molar-refractivity contribution in [2.45, 2.75) is 26.4 Å². The van der Waals surface area contributed by atoms with Gasteiger partial charge in [-0.25, -0.2) is 4.99 Å². The molecular formula is C18H23N3. The minimum Gasteiger partial charge on any atom is -0.357 e. The van der Waals surface area contributed by atoms with Crippen molar-refractivity contribution in [1.82, 2.24) is 10.6 Å². The Morgan fingerprint density at radius 2 is 1.62 bits per heavy atom. The van der Waals surface area contributed by atoms with E-state index in [4.69, 9.17) is 0 Å². The van der Waals surface area contributed by atoms with Gasteiger partial charge in [0.05, 0.1) is 12.6 Å². The molecule has 0 radical (unpaired) electrons. The molecule has 2 N–H and O–H groups in total. The lowest BCUT2D eigenvalue weighted by Crippen LogP contribution is -2.38. The Labute approximate surface area is 127 Å². The minimum absolute atomic E-state index is 0.222. The number of guanidine groups is 1. The van der Waals surface area contributed by atoms with Gasteiger partial charge in [0, 0.05) is 6.54 Å². The van der Waals surface area contributed by atoms with Gasteiger partial charge in [0.15, 0.2) is 5.96 Å². The fourth-order valence-electron chi connectivity index (χ4n) is 2.10. The summed E-state index contributed by atoms with van der Waals surface area (Å²) < 4.78 is 0. The molecule has 0 aliphatic rings. The van der Waals surface area contributed by atoms with E-state index in [9.17, 15) is 0 Å². The van der Waals surface area contributed by atoms with Gasteiger partial charge in [0.1, 0.15) is 0 Å². The van der Waals surface area contributed by atoms with Crippen molar-refractivity contribution >= 4 is 5.96 Å². The second-order valence-corrected chi connectivity index (χ2v) is 4.96. The maximum atomic E-state index is 4.64. The summed E-state index contributed by atoms with van der Waals surface area (Å²) in [7, 11) is 0. The smallest absolute Gasteiger partial charge is 0.192 e. The van der Waals surface area contributed by atoms with E-state index < -0.39 is 0 Å². The second kappa shape index (κ2) is 8.10. The molecule has 0 aliphatic carbocycles. The average Bonchev–Trinajstić information content (AvgIpc) is 2.54. The van der Waals surface area contributed by atoms with Gasteiger partial charge in [-0.3, -0.25) is 0 Å². The molecule has 21 heavy (non-hydrogen) atoms. The fraction of sp³-hybridized carbons (Fsp3) is 0.278. The average molecular weight is 281 g/mol. The molecule has 0 amide bonds. The molecule has 0 fully saturated rings. The van der Waals surface area contributed by atoms with E-state index in [1.54, 1.807) is 0 Å². The van der Waals surface area contributed by atoms with Gasteiger partial charge in [0.25, 0.3) is 0 Å². The van der Waals surface area contributed by atoms with E-state index in [-0.39, 0.29) is 6.04 Å². The number of benzene rings is 2. The Morgan fingerprint density at radius 1 is 1.00 bits per heavy atom. The zero-order valence-electron chi connectivity index (χ0n) is 12.7. The Hall–Kier alpha value is -2.29. The molecule has 2 rings (SSSR count). The number of rotatable bonds is 5. The first kappa shape index (κ1) is 15.1. The highest BCUT2D eigenvalue weighted by atomic mass is 15.2. The Morgan fingerprint density at radius 3 is 2.24 bits per heavy atom. The highest BCUT2D eigenvalue weighted by Gasteiger charge is 2.06. The van der Waals surface area contributed by atoms with Crippen molar-refractivity contribution in [3.05, 3.63) is 71.8 Å². The van der Waals surface area contributed by atoms with Crippen LogP contribution < -0.4 is 10.6 Å². The Bertz CT molecular complexity index is 549. The molecule has 1 unspecified atom stereocenters. The molecule has 0 saturated heterocycles. The van der Waals surface area contributed by atoms with E-state index in [1.165, 1.54) is 11.1 Å². The van der Waals surface area contributed by atoms with Crippen LogP contribution in [0.1, 0.15) is 31.0 Å². The molecule has 0 spiro atoms. The van der Waals surface area contributed by atoms with Crippen LogP contribution in [0.15, 0.2) is 65.7 Å². The van der Waals surface area contributed by atoms with Crippen LogP contribution in [0.3, 0.4) is 0 Å². The molecule has 0 heterocycles. The number of hydrogen-bond donors (Lipinski definition) is 2. The summed E-state index contributed by atoms with van der Waals surface area (Å²) in [5.74, 6) is 0.845. The van der Waals surface area contributed by atoms with E-state index in [1.807, 2.05) is 24.3 Å². The van der Waals surface area contributed by atoms with Crippen LogP contribution in [-0.2, 0) is 6.54 Å². The van der Waals surface area contributed by atoms with Gasteiger partial charge in [-0.15, -0.1) is 0 Å². The highest BCUT2D eigenvalue weighted by molar-refractivity contribution is 5.80. The number of nitrogens with one attached hydrogen (secondary N) is 2. The van der Waals surface area contributed by atoms with Crippen LogP contribution in [0, 0.1) is 0 Å². The van der Waals surface area contributed by atoms with Crippen LogP contribution in [0.2, 0.25) is 0 Å². The van der Waals surface area contributed by atoms with Gasteiger partial charge in [-0.1, -0.05) is 60.7 Å². The van der Waals surface area contributed by atoms with Crippen LogP contribution in [0.25, 0.3) is 0 Å². The molecule has 0 aromatic heterocycles. The molecule has 3 heteroatoms. The van der Waals surface area contributed by atoms with Crippen LogP contribution in [0.4, 0.5) is 0 Å². The number of aliphatic imine (C=N–C) groups is 1. The predicted molar refractivity (Wildman–Crippen MR) is 89.3 cm³/mol. The monoisotopic (exact) mass is 281 g/mol. The first-order valence-electron chi connectivity index (χ1n) is 7.43. The number of nitrogens with zero attached hydrogens (tertiary/aromatic N) is 1. The third-order valence-corrected chi connectivity index (χ3v) is 3.26. The Balaban J connectivity index is 2.01. The molecule has 0 bridgehead atoms. The SMILES string of the molecule is CCNC(=NCc1ccccc1)NC(C)c1ccccc1. The van der Waals surface area contributed by atoms with Crippen molar-refractivity contribution < 1.29 is 0 Å². The summed E-state index contributed by atoms with van der Waals surface area (Å²) in [4.78, 5) is 4.64. The third-order valence-electron chi connectivity index (χ3n) is 3.26. The third kappa shape index (κ3) is 4.95. The predicted octanol–water partition coefficient (Wildman–Crippen LogP) is 3.50. The molecule has 3 nitrogen and oxygen atoms in total. The topological polar surface area (TPSA) is 36.4 Å². The lowest BCUT2D eigenvalue weighted by atomic mass is 10.1. The summed E-state index contributed by atoms with van der Waals surface area (Å²) in [5, 5.41) is 6.74. The van der Waals surface area contributed by atoms with Crippen molar-refractivity contribution in [3.63, 3.8) is 0 Å². The fourth-order valence-corrected chi connectivity index (χ4v) is 2.10. The van der Waals surface area contributed by atoms with Crippen LogP contribution in [0.5, 0.6) is 0 Å². The maximum absolute atomic E-state index is 4.64. The first-order chi connectivity index (χ1) is 10.3. The molecular weight excluding hydrogens is 258 g/mol. The summed E-state index contributed by atoms with van der Waals surface area (Å²) in [6, 6.07) is 20.9. The largest absolute Gasteiger partial charge is 0.357 e. The second-order valence-electron chi connectivity index (χ2n) is 4.96. The van der Waals surface area contributed by atoms with E-state index >= 15 is 0 Å². The summed E-state index contributed by atoms with van der Waals surface area (Å²) in [6.45, 7) is 5.75. The van der Waals surface area contributed by atoms with Crippen molar-refractivity contribution in [2.24, 2.45) is 4.99 Å². The summed E-state index contributed by atoms with van der Waals surface area (Å²) in [6.07, 6.45) is 0. The van der Waals surface area contributed by atoms with Gasteiger partial charge < -0.3 is 10.6 Å². The molecule has 0 aliphatic heterocycles. The first-order valence-corrected chi connectivity index (χ1v) is 7.43. The Kier molecular flexibility index (Phi) is 5.83. The standard InChI is InChI=1S/C18H23N3/c1-3-19-18(20-14-16-10-6-4-7-11-16)21-15(2)17-12-8-5-9-13-17/h4-13,15H,3,14H2,1-2H3,(H2,19,20,21). The quantitative estimate of drug-likeness (QED) is 0.650. The summed E-state index contributed by atoms with van der Waals surface area (Å²) >= 11 is 0. The minimum atomic E-state index is 0.222. The molecule has 2 aromatic carbocycles. The van der Waals surface area contributed by atoms with E-state index in [0.29, 0.717) is 6.54 Å². The molecule has 0 saturated carbocycles. The van der Waals surface area contributed by atoms with Crippen LogP contribution >= 0.6 is 0 Å². The molecule has 2 aromatic rings. The van der Waals surface area contributed by atoms with Gasteiger partial charge in [-0.2, -0.15) is 0 Å². The van der Waals surface area contributed by atoms with Crippen molar-refractivity contribution in [2.75, 3.05) is 6.54 Å². The summed E-state index contributed by atoms with van der Waals surface area (Å²) in [5.41, 5.74) is 2.46. The lowest BCUT2D eigenvalue weighted by molar-refractivity contribution is 0.686. The molecule has 110 valence electrons. The number of hydrogen-bond acceptors (Lipinski definition) is 1. The van der Waals surface area contributed by atoms with Gasteiger partial charge >= 0.3 is 0 Å². The zero-order valence-corrected chi connectivity index (χ0v) is 12.7. The van der Waals surface area contributed by atoms with Crippen LogP contribution in [-0.4, -0.2) is 12.5 Å². The van der Waals surface area contributed by atoms with Crippen molar-refractivity contribution in [1.29, 1.82) is 0 Å². The van der Waals surface area contributed by atoms with E-state index in [0.717, 1.165) is 12.5 Å². The molecule has 1 atom stereocenters. The maximum Gasteiger partial charge on any atom is 0.192 e. The lowest BCUT2D eigenvalue weighted by Gasteiger charge is -2.18. The zero-order chi connectivity index (χ0) is 14.9. The van der Waals surface area contributed by atoms with Crippen molar-refractivity contribution in [3.8, 4) is 0 Å². The normalized spacial score (nSPS) is 12.8.